The molecule has 1 amide bonds. The molecule has 7 nitrogen and oxygen atoms in total. The number of likely N-dealkylation sites (tertiary alicyclic amines) is 1. The highest BCUT2D eigenvalue weighted by atomic mass is 127. The van der Waals surface area contributed by atoms with Crippen molar-refractivity contribution >= 4 is 36.0 Å². The summed E-state index contributed by atoms with van der Waals surface area (Å²) in [7, 11) is 1.67. The van der Waals surface area contributed by atoms with Crippen LogP contribution in [0.1, 0.15) is 33.3 Å². The molecule has 1 heterocycles. The summed E-state index contributed by atoms with van der Waals surface area (Å²) in [6, 6.07) is 4.97. The molecule has 0 saturated carbocycles. The third-order valence-corrected chi connectivity index (χ3v) is 3.85. The Kier molecular flexibility index (Phi) is 9.25. The molecular weight excluding hydrogens is 478 g/mol. The van der Waals surface area contributed by atoms with Crippen molar-refractivity contribution in [2.24, 2.45) is 4.99 Å². The molecule has 2 rings (SSSR count). The van der Waals surface area contributed by atoms with Crippen LogP contribution in [0.3, 0.4) is 0 Å². The SMILES string of the molecule is CCOc1ccc(CNC(=NC)NC2CN(C(=O)OC(C)(C)C)C2)cc1F.I. The monoisotopic (exact) mass is 508 g/mol. The fourth-order valence-electron chi connectivity index (χ4n) is 2.55. The molecule has 1 saturated heterocycles. The first-order chi connectivity index (χ1) is 12.7. The fraction of sp³-hybridized carbons (Fsp3) is 0.579. The Bertz CT molecular complexity index is 688. The number of guanidine groups is 1. The number of hydrogen-bond donors (Lipinski definition) is 2. The smallest absolute Gasteiger partial charge is 0.410 e. The molecule has 0 atom stereocenters. The molecule has 2 N–H and O–H groups in total. The minimum atomic E-state index is -0.500. The molecule has 1 aromatic rings. The summed E-state index contributed by atoms with van der Waals surface area (Å²) in [5.41, 5.74) is 0.281. The Morgan fingerprint density at radius 1 is 1.36 bits per heavy atom. The number of rotatable bonds is 5. The molecule has 0 unspecified atom stereocenters. The molecule has 0 radical (unpaired) electrons. The molecule has 28 heavy (non-hydrogen) atoms. The Morgan fingerprint density at radius 2 is 2.04 bits per heavy atom. The average Bonchev–Trinajstić information content (AvgIpc) is 2.54. The molecule has 1 aromatic carbocycles. The van der Waals surface area contributed by atoms with Crippen molar-refractivity contribution in [3.05, 3.63) is 29.6 Å². The number of hydrogen-bond acceptors (Lipinski definition) is 4. The number of amides is 1. The molecule has 0 aromatic heterocycles. The minimum absolute atomic E-state index is 0. The lowest BCUT2D eigenvalue weighted by molar-refractivity contribution is 0.00701. The topological polar surface area (TPSA) is 75.2 Å². The Morgan fingerprint density at radius 3 is 2.57 bits per heavy atom. The number of benzene rings is 1. The number of carbonyl (C=O) groups is 1. The summed E-state index contributed by atoms with van der Waals surface area (Å²) in [5.74, 6) is 0.463. The summed E-state index contributed by atoms with van der Waals surface area (Å²) >= 11 is 0. The van der Waals surface area contributed by atoms with Gasteiger partial charge in [0.2, 0.25) is 0 Å². The van der Waals surface area contributed by atoms with E-state index in [0.717, 1.165) is 5.56 Å². The van der Waals surface area contributed by atoms with Crippen molar-refractivity contribution in [1.29, 1.82) is 0 Å². The second-order valence-corrected chi connectivity index (χ2v) is 7.35. The minimum Gasteiger partial charge on any atom is -0.491 e. The molecule has 0 spiro atoms. The lowest BCUT2D eigenvalue weighted by Gasteiger charge is -2.40. The first kappa shape index (κ1) is 24.3. The van der Waals surface area contributed by atoms with Gasteiger partial charge in [0, 0.05) is 26.7 Å². The van der Waals surface area contributed by atoms with Crippen molar-refractivity contribution in [3.63, 3.8) is 0 Å². The average molecular weight is 508 g/mol. The van der Waals surface area contributed by atoms with Crippen LogP contribution in [-0.2, 0) is 11.3 Å². The highest BCUT2D eigenvalue weighted by molar-refractivity contribution is 14.0. The lowest BCUT2D eigenvalue weighted by Crippen LogP contribution is -2.63. The standard InChI is InChI=1S/C19H29FN4O3.HI/c1-6-26-16-8-7-13(9-15(16)20)10-22-17(21-5)23-14-11-24(12-14)18(25)27-19(2,3)4;/h7-9,14H,6,10-12H2,1-5H3,(H2,21,22,23);1H. The van der Waals surface area contributed by atoms with Gasteiger partial charge >= 0.3 is 6.09 Å². The van der Waals surface area contributed by atoms with Crippen LogP contribution in [0.15, 0.2) is 23.2 Å². The zero-order valence-electron chi connectivity index (χ0n) is 17.0. The van der Waals surface area contributed by atoms with E-state index >= 15 is 0 Å². The van der Waals surface area contributed by atoms with E-state index < -0.39 is 5.60 Å². The number of nitrogens with zero attached hydrogens (tertiary/aromatic N) is 2. The van der Waals surface area contributed by atoms with E-state index in [1.165, 1.54) is 6.07 Å². The van der Waals surface area contributed by atoms with Crippen LogP contribution in [0.2, 0.25) is 0 Å². The molecule has 9 heteroatoms. The number of nitrogens with one attached hydrogen (secondary N) is 2. The van der Waals surface area contributed by atoms with E-state index in [4.69, 9.17) is 9.47 Å². The van der Waals surface area contributed by atoms with Gasteiger partial charge in [-0.25, -0.2) is 9.18 Å². The van der Waals surface area contributed by atoms with Gasteiger partial charge in [-0.15, -0.1) is 24.0 Å². The van der Waals surface area contributed by atoms with Crippen molar-refractivity contribution in [3.8, 4) is 5.75 Å². The highest BCUT2D eigenvalue weighted by Gasteiger charge is 2.34. The Balaban J connectivity index is 0.00000392. The number of aliphatic imine (C=N–C) groups is 1. The zero-order valence-corrected chi connectivity index (χ0v) is 19.4. The summed E-state index contributed by atoms with van der Waals surface area (Å²) in [6.07, 6.45) is -0.312. The van der Waals surface area contributed by atoms with E-state index in [0.29, 0.717) is 32.2 Å². The molecule has 1 fully saturated rings. The molecule has 0 aliphatic carbocycles. The van der Waals surface area contributed by atoms with Crippen LogP contribution in [0.4, 0.5) is 9.18 Å². The van der Waals surface area contributed by atoms with Gasteiger partial charge in [-0.3, -0.25) is 4.99 Å². The number of halogens is 2. The molecule has 0 bridgehead atoms. The molecular formula is C19H30FIN4O3. The predicted octanol–water partition coefficient (Wildman–Crippen LogP) is 3.13. The summed E-state index contributed by atoms with van der Waals surface area (Å²) in [5, 5.41) is 6.38. The van der Waals surface area contributed by atoms with Gasteiger partial charge in [-0.05, 0) is 45.4 Å². The Hall–Kier alpha value is -1.78. The van der Waals surface area contributed by atoms with Gasteiger partial charge in [0.25, 0.3) is 0 Å². The summed E-state index contributed by atoms with van der Waals surface area (Å²) < 4.78 is 24.4. The van der Waals surface area contributed by atoms with E-state index in [1.807, 2.05) is 33.8 Å². The second kappa shape index (κ2) is 10.7. The van der Waals surface area contributed by atoms with E-state index in [2.05, 4.69) is 15.6 Å². The quantitative estimate of drug-likeness (QED) is 0.363. The second-order valence-electron chi connectivity index (χ2n) is 7.35. The lowest BCUT2D eigenvalue weighted by atomic mass is 10.1. The normalized spacial score (nSPS) is 14.6. The van der Waals surface area contributed by atoms with Gasteiger partial charge in [0.05, 0.1) is 12.6 Å². The third kappa shape index (κ3) is 7.33. The maximum atomic E-state index is 13.9. The van der Waals surface area contributed by atoms with E-state index in [9.17, 15) is 9.18 Å². The molecule has 1 aliphatic rings. The summed E-state index contributed by atoms with van der Waals surface area (Å²) in [4.78, 5) is 17.7. The third-order valence-electron chi connectivity index (χ3n) is 3.85. The van der Waals surface area contributed by atoms with Gasteiger partial charge < -0.3 is 25.0 Å². The van der Waals surface area contributed by atoms with Crippen LogP contribution in [0.25, 0.3) is 0 Å². The fourth-order valence-corrected chi connectivity index (χ4v) is 2.55. The maximum Gasteiger partial charge on any atom is 0.410 e. The number of carbonyl (C=O) groups excluding carboxylic acids is 1. The van der Waals surface area contributed by atoms with Gasteiger partial charge in [-0.1, -0.05) is 6.07 Å². The van der Waals surface area contributed by atoms with Crippen LogP contribution >= 0.6 is 24.0 Å². The summed E-state index contributed by atoms with van der Waals surface area (Å²) in [6.45, 7) is 9.29. The van der Waals surface area contributed by atoms with Crippen molar-refractivity contribution < 1.29 is 18.7 Å². The maximum absolute atomic E-state index is 13.9. The number of ether oxygens (including phenoxy) is 2. The Labute approximate surface area is 183 Å². The van der Waals surface area contributed by atoms with Crippen LogP contribution < -0.4 is 15.4 Å². The van der Waals surface area contributed by atoms with Gasteiger partial charge in [0.1, 0.15) is 5.60 Å². The molecule has 1 aliphatic heterocycles. The van der Waals surface area contributed by atoms with Crippen molar-refractivity contribution in [2.75, 3.05) is 26.7 Å². The van der Waals surface area contributed by atoms with E-state index in [1.54, 1.807) is 18.0 Å². The largest absolute Gasteiger partial charge is 0.491 e. The van der Waals surface area contributed by atoms with Crippen molar-refractivity contribution in [1.82, 2.24) is 15.5 Å². The van der Waals surface area contributed by atoms with Crippen molar-refractivity contribution in [2.45, 2.75) is 45.9 Å². The first-order valence-electron chi connectivity index (χ1n) is 9.08. The van der Waals surface area contributed by atoms with Gasteiger partial charge in [0.15, 0.2) is 17.5 Å². The van der Waals surface area contributed by atoms with E-state index in [-0.39, 0.29) is 47.7 Å². The molecule has 158 valence electrons. The van der Waals surface area contributed by atoms with Crippen LogP contribution in [0.5, 0.6) is 5.75 Å². The van der Waals surface area contributed by atoms with Crippen LogP contribution in [0, 0.1) is 5.82 Å². The van der Waals surface area contributed by atoms with Gasteiger partial charge in [-0.2, -0.15) is 0 Å². The predicted molar refractivity (Wildman–Crippen MR) is 118 cm³/mol. The zero-order chi connectivity index (χ0) is 20.0. The highest BCUT2D eigenvalue weighted by Crippen LogP contribution is 2.18. The first-order valence-corrected chi connectivity index (χ1v) is 9.08. The van der Waals surface area contributed by atoms with Crippen LogP contribution in [-0.4, -0.2) is 55.3 Å².